The molecule has 1 unspecified atom stereocenters. The van der Waals surface area contributed by atoms with Crippen molar-refractivity contribution in [2.75, 3.05) is 5.88 Å². The average Bonchev–Trinajstić information content (AvgIpc) is 2.28. The maximum atomic E-state index is 13.0. The van der Waals surface area contributed by atoms with Crippen LogP contribution in [0.5, 0.6) is 0 Å². The molecule has 1 aromatic carbocycles. The minimum Gasteiger partial charge on any atom is -0.347 e. The lowest BCUT2D eigenvalue weighted by Crippen LogP contribution is -2.46. The van der Waals surface area contributed by atoms with Gasteiger partial charge in [0.25, 0.3) is 5.91 Å². The fourth-order valence-corrected chi connectivity index (χ4v) is 2.69. The van der Waals surface area contributed by atoms with Crippen LogP contribution in [-0.4, -0.2) is 17.3 Å². The van der Waals surface area contributed by atoms with Crippen molar-refractivity contribution in [3.63, 3.8) is 0 Å². The Morgan fingerprint density at radius 3 is 2.72 bits per heavy atom. The minimum absolute atomic E-state index is 0.186. The van der Waals surface area contributed by atoms with Crippen LogP contribution in [0.3, 0.4) is 0 Å². The van der Waals surface area contributed by atoms with Gasteiger partial charge in [-0.2, -0.15) is 0 Å². The molecule has 1 atom stereocenters. The summed E-state index contributed by atoms with van der Waals surface area (Å²) in [6, 6.07) is 4.14. The SMILES string of the molecule is CCC(C)(CCCl)NC(=O)c1ccc(F)cc1I. The van der Waals surface area contributed by atoms with Gasteiger partial charge in [-0.1, -0.05) is 6.92 Å². The lowest BCUT2D eigenvalue weighted by molar-refractivity contribution is 0.0900. The molecule has 0 bridgehead atoms. The van der Waals surface area contributed by atoms with Crippen LogP contribution in [0.1, 0.15) is 37.0 Å². The Morgan fingerprint density at radius 2 is 2.22 bits per heavy atom. The average molecular weight is 384 g/mol. The van der Waals surface area contributed by atoms with Gasteiger partial charge < -0.3 is 5.32 Å². The smallest absolute Gasteiger partial charge is 0.252 e. The maximum Gasteiger partial charge on any atom is 0.252 e. The molecule has 100 valence electrons. The van der Waals surface area contributed by atoms with Crippen LogP contribution >= 0.6 is 34.2 Å². The van der Waals surface area contributed by atoms with Gasteiger partial charge in [0.1, 0.15) is 5.82 Å². The number of benzene rings is 1. The standard InChI is InChI=1S/C13H16ClFINO/c1-3-13(2,6-7-14)17-12(18)10-5-4-9(15)8-11(10)16/h4-5,8H,3,6-7H2,1-2H3,(H,17,18). The largest absolute Gasteiger partial charge is 0.347 e. The number of halogens is 3. The summed E-state index contributed by atoms with van der Waals surface area (Å²) in [7, 11) is 0. The maximum absolute atomic E-state index is 13.0. The topological polar surface area (TPSA) is 29.1 Å². The first kappa shape index (κ1) is 15.7. The van der Waals surface area contributed by atoms with Crippen LogP contribution in [0.25, 0.3) is 0 Å². The number of hydrogen-bond acceptors (Lipinski definition) is 1. The number of carbonyl (C=O) groups is 1. The molecule has 0 aliphatic rings. The Morgan fingerprint density at radius 1 is 1.56 bits per heavy atom. The van der Waals surface area contributed by atoms with Gasteiger partial charge in [0, 0.05) is 15.0 Å². The molecule has 0 spiro atoms. The quantitative estimate of drug-likeness (QED) is 0.605. The van der Waals surface area contributed by atoms with Gasteiger partial charge >= 0.3 is 0 Å². The van der Waals surface area contributed by atoms with Crippen molar-refractivity contribution >= 4 is 40.1 Å². The lowest BCUT2D eigenvalue weighted by Gasteiger charge is -2.29. The third-order valence-corrected chi connectivity index (χ3v) is 4.10. The first-order chi connectivity index (χ1) is 8.41. The van der Waals surface area contributed by atoms with Crippen molar-refractivity contribution in [3.05, 3.63) is 33.1 Å². The summed E-state index contributed by atoms with van der Waals surface area (Å²) in [4.78, 5) is 12.1. The Labute approximate surface area is 125 Å². The number of nitrogens with one attached hydrogen (secondary N) is 1. The van der Waals surface area contributed by atoms with Crippen LogP contribution in [0.15, 0.2) is 18.2 Å². The predicted molar refractivity (Wildman–Crippen MR) is 80.6 cm³/mol. The summed E-state index contributed by atoms with van der Waals surface area (Å²) in [5.74, 6) is -0.0330. The van der Waals surface area contributed by atoms with Gasteiger partial charge in [-0.05, 0) is 60.6 Å². The van der Waals surface area contributed by atoms with Crippen LogP contribution in [0.2, 0.25) is 0 Å². The Kier molecular flexibility index (Phi) is 5.85. The number of rotatable bonds is 5. The molecule has 1 rings (SSSR count). The lowest BCUT2D eigenvalue weighted by atomic mass is 9.95. The fourth-order valence-electron chi connectivity index (χ4n) is 1.55. The molecule has 0 saturated carbocycles. The molecule has 18 heavy (non-hydrogen) atoms. The molecular weight excluding hydrogens is 368 g/mol. The Balaban J connectivity index is 2.87. The first-order valence-corrected chi connectivity index (χ1v) is 7.36. The molecule has 0 radical (unpaired) electrons. The van der Waals surface area contributed by atoms with E-state index < -0.39 is 0 Å². The minimum atomic E-state index is -0.338. The van der Waals surface area contributed by atoms with E-state index >= 15 is 0 Å². The summed E-state index contributed by atoms with van der Waals surface area (Å²) < 4.78 is 13.6. The molecule has 1 amide bonds. The van der Waals surface area contributed by atoms with E-state index in [1.165, 1.54) is 18.2 Å². The zero-order chi connectivity index (χ0) is 13.8. The first-order valence-electron chi connectivity index (χ1n) is 5.75. The highest BCUT2D eigenvalue weighted by molar-refractivity contribution is 14.1. The van der Waals surface area contributed by atoms with Crippen molar-refractivity contribution in [1.29, 1.82) is 0 Å². The van der Waals surface area contributed by atoms with Crippen molar-refractivity contribution in [2.45, 2.75) is 32.2 Å². The van der Waals surface area contributed by atoms with Crippen molar-refractivity contribution in [2.24, 2.45) is 0 Å². The highest BCUT2D eigenvalue weighted by atomic mass is 127. The molecule has 0 aliphatic heterocycles. The van der Waals surface area contributed by atoms with Crippen LogP contribution in [0.4, 0.5) is 4.39 Å². The molecule has 0 fully saturated rings. The molecule has 1 N–H and O–H groups in total. The molecule has 2 nitrogen and oxygen atoms in total. The van der Waals surface area contributed by atoms with Gasteiger partial charge in [-0.3, -0.25) is 4.79 Å². The van der Waals surface area contributed by atoms with Crippen molar-refractivity contribution < 1.29 is 9.18 Å². The zero-order valence-corrected chi connectivity index (χ0v) is 13.3. The summed E-state index contributed by atoms with van der Waals surface area (Å²) in [6.07, 6.45) is 1.50. The predicted octanol–water partition coefficient (Wildman–Crippen LogP) is 3.96. The van der Waals surface area contributed by atoms with E-state index in [1.54, 1.807) is 0 Å². The Bertz CT molecular complexity index is 441. The highest BCUT2D eigenvalue weighted by Crippen LogP contribution is 2.19. The van der Waals surface area contributed by atoms with E-state index in [-0.39, 0.29) is 17.3 Å². The summed E-state index contributed by atoms with van der Waals surface area (Å²) in [5, 5.41) is 2.97. The molecular formula is C13H16ClFINO. The van der Waals surface area contributed by atoms with Gasteiger partial charge in [-0.25, -0.2) is 4.39 Å². The molecule has 0 saturated heterocycles. The zero-order valence-electron chi connectivity index (χ0n) is 10.4. The van der Waals surface area contributed by atoms with Gasteiger partial charge in [0.2, 0.25) is 0 Å². The molecule has 5 heteroatoms. The van der Waals surface area contributed by atoms with E-state index in [0.29, 0.717) is 21.4 Å². The van der Waals surface area contributed by atoms with E-state index in [1.807, 2.05) is 36.4 Å². The van der Waals surface area contributed by atoms with Crippen molar-refractivity contribution in [1.82, 2.24) is 5.32 Å². The second-order valence-corrected chi connectivity index (χ2v) is 5.97. The summed E-state index contributed by atoms with van der Waals surface area (Å²) >= 11 is 7.70. The Hall–Kier alpha value is -0.360. The number of amides is 1. The third-order valence-electron chi connectivity index (χ3n) is 3.02. The summed E-state index contributed by atoms with van der Waals surface area (Å²) in [6.45, 7) is 3.96. The van der Waals surface area contributed by atoms with Gasteiger partial charge in [0.05, 0.1) is 5.56 Å². The molecule has 0 aliphatic carbocycles. The van der Waals surface area contributed by atoms with Gasteiger partial charge in [0.15, 0.2) is 0 Å². The van der Waals surface area contributed by atoms with Crippen LogP contribution in [-0.2, 0) is 0 Å². The van der Waals surface area contributed by atoms with Crippen molar-refractivity contribution in [3.8, 4) is 0 Å². The number of hydrogen-bond donors (Lipinski definition) is 1. The molecule has 0 aromatic heterocycles. The molecule has 0 heterocycles. The van der Waals surface area contributed by atoms with Crippen LogP contribution < -0.4 is 5.32 Å². The van der Waals surface area contributed by atoms with E-state index in [9.17, 15) is 9.18 Å². The number of carbonyl (C=O) groups excluding carboxylic acids is 1. The normalized spacial score (nSPS) is 14.1. The van der Waals surface area contributed by atoms with E-state index in [0.717, 1.165) is 6.42 Å². The number of alkyl halides is 1. The van der Waals surface area contributed by atoms with Gasteiger partial charge in [-0.15, -0.1) is 11.6 Å². The second-order valence-electron chi connectivity index (χ2n) is 4.43. The van der Waals surface area contributed by atoms with E-state index in [2.05, 4.69) is 5.32 Å². The highest BCUT2D eigenvalue weighted by Gasteiger charge is 2.24. The molecule has 1 aromatic rings. The second kappa shape index (κ2) is 6.70. The monoisotopic (exact) mass is 383 g/mol. The van der Waals surface area contributed by atoms with Crippen LogP contribution in [0, 0.1) is 9.39 Å². The van der Waals surface area contributed by atoms with E-state index in [4.69, 9.17) is 11.6 Å². The fraction of sp³-hybridized carbons (Fsp3) is 0.462. The third kappa shape index (κ3) is 4.09. The summed E-state index contributed by atoms with van der Waals surface area (Å²) in [5.41, 5.74) is 0.169.